The summed E-state index contributed by atoms with van der Waals surface area (Å²) in [6.07, 6.45) is 9.72. The summed E-state index contributed by atoms with van der Waals surface area (Å²) in [5.74, 6) is 0. The van der Waals surface area contributed by atoms with Gasteiger partial charge in [-0.3, -0.25) is 0 Å². The number of rotatable bonds is 5. The number of hydrogen-bond donors (Lipinski definition) is 0. The zero-order chi connectivity index (χ0) is 9.52. The van der Waals surface area contributed by atoms with Crippen molar-refractivity contribution < 1.29 is 27.0 Å². The lowest BCUT2D eigenvalue weighted by atomic mass is 10.2. The van der Waals surface area contributed by atoms with Crippen molar-refractivity contribution in [1.29, 1.82) is 0 Å². The zero-order valence-corrected chi connectivity index (χ0v) is 11.3. The number of unbranched alkanes of at least 4 members (excludes halogenated alkanes) is 3. The third-order valence-electron chi connectivity index (χ3n) is 2.28. The van der Waals surface area contributed by atoms with Crippen LogP contribution in [-0.4, -0.2) is 5.48 Å². The van der Waals surface area contributed by atoms with Gasteiger partial charge in [-0.05, 0) is 19.4 Å². The molecule has 2 nitrogen and oxygen atoms in total. The lowest BCUT2D eigenvalue weighted by molar-refractivity contribution is -0.697. The van der Waals surface area contributed by atoms with Gasteiger partial charge in [0.15, 0.2) is 12.4 Å². The van der Waals surface area contributed by atoms with E-state index in [0.717, 1.165) is 0 Å². The fraction of sp³-hybridized carbons (Fsp3) is 0.583. The summed E-state index contributed by atoms with van der Waals surface area (Å²) in [5, 5.41) is 0. The van der Waals surface area contributed by atoms with Gasteiger partial charge in [-0.2, -0.15) is 0 Å². The lowest BCUT2D eigenvalue weighted by Gasteiger charge is -1.97. The Hall–Kier alpha value is -0.410. The topological polar surface area (TPSA) is 35.4 Å². The van der Waals surface area contributed by atoms with Crippen LogP contribution in [0.2, 0.25) is 0 Å². The molecule has 1 rings (SSSR count). The third kappa shape index (κ3) is 7.51. The molecule has 0 aromatic carbocycles. The van der Waals surface area contributed by atoms with Gasteiger partial charge in [-0.25, -0.2) is 4.57 Å². The molecule has 0 bridgehead atoms. The minimum Gasteiger partial charge on any atom is -1.00 e. The second-order valence-electron chi connectivity index (χ2n) is 3.68. The van der Waals surface area contributed by atoms with Crippen LogP contribution in [0.15, 0.2) is 24.5 Å². The molecule has 1 heterocycles. The summed E-state index contributed by atoms with van der Waals surface area (Å²) in [6, 6.07) is 4.26. The molecule has 0 radical (unpaired) electrons. The molecule has 88 valence electrons. The Morgan fingerprint density at radius 1 is 1.20 bits per heavy atom. The standard InChI is InChI=1S/C12H20N.BrH.H2O/c1-3-4-5-6-9-13-10-7-8-12(2)11-13;;/h7-8,10-11H,3-6,9H2,1-2H3;1H;1H2/q+1;;/p-1. The normalized spacial score (nSPS) is 8.93. The maximum absolute atomic E-state index is 2.28. The van der Waals surface area contributed by atoms with Crippen LogP contribution in [0.5, 0.6) is 0 Å². The predicted molar refractivity (Wildman–Crippen MR) is 59.1 cm³/mol. The fourth-order valence-electron chi connectivity index (χ4n) is 1.51. The molecule has 0 saturated heterocycles. The molecule has 15 heavy (non-hydrogen) atoms. The molecule has 2 N–H and O–H groups in total. The van der Waals surface area contributed by atoms with Crippen molar-refractivity contribution >= 4 is 0 Å². The highest BCUT2D eigenvalue weighted by Gasteiger charge is 1.98. The Morgan fingerprint density at radius 3 is 2.53 bits per heavy atom. The molecule has 0 amide bonds. The summed E-state index contributed by atoms with van der Waals surface area (Å²) in [6.45, 7) is 5.56. The average molecular weight is 276 g/mol. The van der Waals surface area contributed by atoms with E-state index in [1.165, 1.54) is 37.8 Å². The number of halogens is 1. The number of nitrogens with zero attached hydrogens (tertiary/aromatic N) is 1. The van der Waals surface area contributed by atoms with Crippen LogP contribution < -0.4 is 21.5 Å². The smallest absolute Gasteiger partial charge is 0.171 e. The van der Waals surface area contributed by atoms with Gasteiger partial charge >= 0.3 is 0 Å². The highest BCUT2D eigenvalue weighted by atomic mass is 79.9. The van der Waals surface area contributed by atoms with Crippen molar-refractivity contribution in [1.82, 2.24) is 0 Å². The molecule has 0 atom stereocenters. The van der Waals surface area contributed by atoms with Gasteiger partial charge in [0.25, 0.3) is 0 Å². The van der Waals surface area contributed by atoms with Crippen molar-refractivity contribution in [3.63, 3.8) is 0 Å². The van der Waals surface area contributed by atoms with E-state index >= 15 is 0 Å². The summed E-state index contributed by atoms with van der Waals surface area (Å²) < 4.78 is 2.28. The molecular formula is C12H22BrNO. The molecule has 0 fully saturated rings. The van der Waals surface area contributed by atoms with Crippen molar-refractivity contribution in [3.8, 4) is 0 Å². The van der Waals surface area contributed by atoms with Crippen LogP contribution in [0.3, 0.4) is 0 Å². The van der Waals surface area contributed by atoms with Crippen LogP contribution in [-0.2, 0) is 6.54 Å². The first-order valence-electron chi connectivity index (χ1n) is 5.28. The second-order valence-corrected chi connectivity index (χ2v) is 3.68. The molecule has 3 heteroatoms. The summed E-state index contributed by atoms with van der Waals surface area (Å²) in [4.78, 5) is 0. The maximum Gasteiger partial charge on any atom is 0.171 e. The molecule has 0 aliphatic heterocycles. The Morgan fingerprint density at radius 2 is 1.93 bits per heavy atom. The number of aryl methyl sites for hydroxylation is 2. The van der Waals surface area contributed by atoms with E-state index in [4.69, 9.17) is 0 Å². The quantitative estimate of drug-likeness (QED) is 0.491. The first kappa shape index (κ1) is 17.0. The lowest BCUT2D eigenvalue weighted by Crippen LogP contribution is -3.00. The highest BCUT2D eigenvalue weighted by Crippen LogP contribution is 1.98. The monoisotopic (exact) mass is 275 g/mol. The van der Waals surface area contributed by atoms with Crippen LogP contribution in [0, 0.1) is 6.92 Å². The summed E-state index contributed by atoms with van der Waals surface area (Å²) >= 11 is 0. The molecule has 0 spiro atoms. The van der Waals surface area contributed by atoms with Crippen LogP contribution in [0.1, 0.15) is 38.2 Å². The Balaban J connectivity index is 0. The van der Waals surface area contributed by atoms with Gasteiger partial charge in [0.05, 0.1) is 0 Å². The van der Waals surface area contributed by atoms with Gasteiger partial charge < -0.3 is 22.5 Å². The zero-order valence-electron chi connectivity index (χ0n) is 9.67. The van der Waals surface area contributed by atoms with Crippen molar-refractivity contribution in [3.05, 3.63) is 30.1 Å². The van der Waals surface area contributed by atoms with E-state index in [0.29, 0.717) is 0 Å². The van der Waals surface area contributed by atoms with Gasteiger partial charge in [-0.1, -0.05) is 19.8 Å². The molecule has 1 aromatic heterocycles. The minimum absolute atomic E-state index is 0. The van der Waals surface area contributed by atoms with E-state index in [9.17, 15) is 0 Å². The van der Waals surface area contributed by atoms with E-state index in [2.05, 4.69) is 42.9 Å². The average Bonchev–Trinajstić information content (AvgIpc) is 2.13. The van der Waals surface area contributed by atoms with E-state index in [1.54, 1.807) is 0 Å². The Kier molecular flexibility index (Phi) is 11.5. The van der Waals surface area contributed by atoms with Crippen molar-refractivity contribution in [2.75, 3.05) is 0 Å². The van der Waals surface area contributed by atoms with Crippen molar-refractivity contribution in [2.45, 2.75) is 46.1 Å². The number of aromatic nitrogens is 1. The van der Waals surface area contributed by atoms with Gasteiger partial charge in [0, 0.05) is 18.1 Å². The molecule has 1 aromatic rings. The van der Waals surface area contributed by atoms with E-state index < -0.39 is 0 Å². The SMILES string of the molecule is CCCCCC[n+]1cccc(C)c1.O.[Br-]. The van der Waals surface area contributed by atoms with Crippen LogP contribution in [0.25, 0.3) is 0 Å². The van der Waals surface area contributed by atoms with Crippen LogP contribution >= 0.6 is 0 Å². The molecule has 0 unspecified atom stereocenters. The minimum atomic E-state index is 0. The predicted octanol–water partition coefficient (Wildman–Crippen LogP) is -0.958. The summed E-state index contributed by atoms with van der Waals surface area (Å²) in [5.41, 5.74) is 1.35. The van der Waals surface area contributed by atoms with E-state index in [-0.39, 0.29) is 22.5 Å². The molecule has 0 aliphatic carbocycles. The largest absolute Gasteiger partial charge is 1.00 e. The molecule has 0 saturated carbocycles. The third-order valence-corrected chi connectivity index (χ3v) is 2.28. The number of hydrogen-bond acceptors (Lipinski definition) is 0. The fourth-order valence-corrected chi connectivity index (χ4v) is 1.51. The van der Waals surface area contributed by atoms with E-state index in [1.807, 2.05) is 0 Å². The van der Waals surface area contributed by atoms with Gasteiger partial charge in [0.1, 0.15) is 6.54 Å². The van der Waals surface area contributed by atoms with Crippen LogP contribution in [0.4, 0.5) is 0 Å². The molecule has 0 aliphatic rings. The Bertz CT molecular complexity index is 253. The highest BCUT2D eigenvalue weighted by molar-refractivity contribution is 5.01. The summed E-state index contributed by atoms with van der Waals surface area (Å²) in [7, 11) is 0. The van der Waals surface area contributed by atoms with Gasteiger partial charge in [-0.15, -0.1) is 0 Å². The number of pyridine rings is 1. The van der Waals surface area contributed by atoms with Gasteiger partial charge in [0.2, 0.25) is 0 Å². The Labute approximate surface area is 103 Å². The molecular weight excluding hydrogens is 254 g/mol. The second kappa shape index (κ2) is 10.1. The first-order chi connectivity index (χ1) is 6.33. The maximum atomic E-state index is 2.28. The van der Waals surface area contributed by atoms with Crippen molar-refractivity contribution in [2.24, 2.45) is 0 Å². The first-order valence-corrected chi connectivity index (χ1v) is 5.28.